The van der Waals surface area contributed by atoms with Crippen molar-refractivity contribution in [3.63, 3.8) is 0 Å². The summed E-state index contributed by atoms with van der Waals surface area (Å²) in [5, 5.41) is 3.06. The molecule has 0 unspecified atom stereocenters. The van der Waals surface area contributed by atoms with Crippen molar-refractivity contribution in [2.45, 2.75) is 31.8 Å². The molecule has 29 heavy (non-hydrogen) atoms. The lowest BCUT2D eigenvalue weighted by Crippen LogP contribution is -2.10. The quantitative estimate of drug-likeness (QED) is 0.645. The predicted molar refractivity (Wildman–Crippen MR) is 116 cm³/mol. The second-order valence-electron chi connectivity index (χ2n) is 6.77. The van der Waals surface area contributed by atoms with Crippen LogP contribution < -0.4 is 14.8 Å². The van der Waals surface area contributed by atoms with Crippen molar-refractivity contribution in [3.8, 4) is 11.5 Å². The first kappa shape index (κ1) is 22.8. The molecule has 0 aliphatic carbocycles. The number of hydrogen-bond donors (Lipinski definition) is 1. The van der Waals surface area contributed by atoms with Gasteiger partial charge in [0, 0.05) is 18.0 Å². The van der Waals surface area contributed by atoms with Gasteiger partial charge in [0.05, 0.1) is 23.1 Å². The van der Waals surface area contributed by atoms with E-state index in [1.807, 2.05) is 13.8 Å². The monoisotopic (exact) mass is 437 g/mol. The molecule has 0 aliphatic heterocycles. The molecule has 0 heterocycles. The van der Waals surface area contributed by atoms with Crippen LogP contribution in [0, 0.1) is 6.92 Å². The number of aryl methyl sites for hydroxylation is 1. The molecule has 0 radical (unpaired) electrons. The van der Waals surface area contributed by atoms with Crippen molar-refractivity contribution >= 4 is 39.1 Å². The first-order valence-electron chi connectivity index (χ1n) is 8.85. The van der Waals surface area contributed by atoms with Gasteiger partial charge in [0.1, 0.15) is 0 Å². The topological polar surface area (TPSA) is 81.7 Å². The van der Waals surface area contributed by atoms with Crippen LogP contribution in [0.4, 0.5) is 5.69 Å². The van der Waals surface area contributed by atoms with Gasteiger partial charge in [-0.05, 0) is 62.2 Å². The van der Waals surface area contributed by atoms with E-state index in [9.17, 15) is 13.2 Å². The van der Waals surface area contributed by atoms with Gasteiger partial charge in [-0.3, -0.25) is 4.79 Å². The Morgan fingerprint density at radius 2 is 1.90 bits per heavy atom. The minimum Gasteiger partial charge on any atom is -0.493 e. The highest BCUT2D eigenvalue weighted by molar-refractivity contribution is 7.90. The molecule has 156 valence electrons. The Kier molecular flexibility index (Phi) is 7.32. The number of methoxy groups -OCH3 is 1. The van der Waals surface area contributed by atoms with Crippen molar-refractivity contribution in [2.75, 3.05) is 18.7 Å². The minimum absolute atomic E-state index is 0.0699. The van der Waals surface area contributed by atoms with E-state index in [-0.39, 0.29) is 11.0 Å². The lowest BCUT2D eigenvalue weighted by atomic mass is 10.1. The number of halogens is 1. The van der Waals surface area contributed by atoms with Crippen molar-refractivity contribution in [2.24, 2.45) is 0 Å². The number of hydrogen-bond acceptors (Lipinski definition) is 5. The summed E-state index contributed by atoms with van der Waals surface area (Å²) in [5.74, 6) is 0.498. The van der Waals surface area contributed by atoms with Gasteiger partial charge in [-0.15, -0.1) is 0 Å². The van der Waals surface area contributed by atoms with Crippen LogP contribution in [0.1, 0.15) is 25.0 Å². The van der Waals surface area contributed by atoms with Crippen molar-refractivity contribution in [1.82, 2.24) is 0 Å². The Labute approximate surface area is 176 Å². The van der Waals surface area contributed by atoms with Gasteiger partial charge in [0.15, 0.2) is 21.3 Å². The number of carbonyl (C=O) groups excluding carboxylic acids is 1. The molecule has 0 aliphatic rings. The highest BCUT2D eigenvalue weighted by Gasteiger charge is 2.13. The van der Waals surface area contributed by atoms with Crippen LogP contribution in [-0.2, 0) is 14.6 Å². The summed E-state index contributed by atoms with van der Waals surface area (Å²) in [6.45, 7) is 5.55. The number of amides is 1. The highest BCUT2D eigenvalue weighted by atomic mass is 35.5. The number of sulfone groups is 1. The molecule has 0 atom stereocenters. The van der Waals surface area contributed by atoms with E-state index < -0.39 is 15.7 Å². The summed E-state index contributed by atoms with van der Waals surface area (Å²) in [4.78, 5) is 12.5. The molecule has 2 rings (SSSR count). The first-order valence-corrected chi connectivity index (χ1v) is 11.1. The van der Waals surface area contributed by atoms with Gasteiger partial charge in [-0.1, -0.05) is 17.7 Å². The molecular weight excluding hydrogens is 414 g/mol. The molecule has 0 saturated carbocycles. The van der Waals surface area contributed by atoms with Crippen molar-refractivity contribution in [3.05, 3.63) is 52.6 Å². The number of benzene rings is 2. The Balaban J connectivity index is 2.22. The molecule has 0 bridgehead atoms. The summed E-state index contributed by atoms with van der Waals surface area (Å²) in [6.07, 6.45) is 3.96. The summed E-state index contributed by atoms with van der Waals surface area (Å²) >= 11 is 6.29. The summed E-state index contributed by atoms with van der Waals surface area (Å²) in [5.41, 5.74) is 1.83. The zero-order valence-corrected chi connectivity index (χ0v) is 18.5. The minimum atomic E-state index is -3.37. The lowest BCUT2D eigenvalue weighted by molar-refractivity contribution is -0.111. The normalized spacial score (nSPS) is 11.7. The molecule has 0 aromatic heterocycles. The number of carbonyl (C=O) groups is 1. The van der Waals surface area contributed by atoms with Crippen LogP contribution in [0.3, 0.4) is 0 Å². The van der Waals surface area contributed by atoms with Gasteiger partial charge in [-0.25, -0.2) is 8.42 Å². The van der Waals surface area contributed by atoms with E-state index in [0.29, 0.717) is 27.8 Å². The average molecular weight is 438 g/mol. The Morgan fingerprint density at radius 1 is 1.21 bits per heavy atom. The zero-order chi connectivity index (χ0) is 21.8. The number of nitrogens with one attached hydrogen (secondary N) is 1. The second-order valence-corrected chi connectivity index (χ2v) is 9.20. The maximum Gasteiger partial charge on any atom is 0.248 e. The van der Waals surface area contributed by atoms with Crippen molar-refractivity contribution in [1.29, 1.82) is 0 Å². The highest BCUT2D eigenvalue weighted by Crippen LogP contribution is 2.37. The van der Waals surface area contributed by atoms with Gasteiger partial charge in [0.2, 0.25) is 5.91 Å². The fourth-order valence-electron chi connectivity index (χ4n) is 2.50. The SMILES string of the molecule is COc1cc(/C=C/C(=O)Nc2cc(S(C)(=O)=O)ccc2C)cc(Cl)c1OC(C)C. The fraction of sp³-hybridized carbons (Fsp3) is 0.286. The standard InChI is InChI=1S/C21H24ClNO5S/c1-13(2)28-21-17(22)10-15(11-19(21)27-4)7-9-20(24)23-18-12-16(29(5,25)26)8-6-14(18)3/h6-13H,1-5H3,(H,23,24)/b9-7+. The maximum atomic E-state index is 12.3. The molecule has 2 aromatic rings. The average Bonchev–Trinajstić information content (AvgIpc) is 2.62. The second kappa shape index (κ2) is 9.33. The predicted octanol–water partition coefficient (Wildman–Crippen LogP) is 4.50. The smallest absolute Gasteiger partial charge is 0.248 e. The van der Waals surface area contributed by atoms with E-state index in [2.05, 4.69) is 5.32 Å². The fourth-order valence-corrected chi connectivity index (χ4v) is 3.41. The van der Waals surface area contributed by atoms with Gasteiger partial charge >= 0.3 is 0 Å². The third-order valence-corrected chi connectivity index (χ3v) is 5.32. The third kappa shape index (κ3) is 6.24. The molecular formula is C21H24ClNO5S. The van der Waals surface area contributed by atoms with E-state index in [4.69, 9.17) is 21.1 Å². The Bertz CT molecular complexity index is 1050. The van der Waals surface area contributed by atoms with Gasteiger partial charge < -0.3 is 14.8 Å². The number of rotatable bonds is 7. The lowest BCUT2D eigenvalue weighted by Gasteiger charge is -2.15. The van der Waals surface area contributed by atoms with E-state index in [1.165, 1.54) is 25.3 Å². The molecule has 1 N–H and O–H groups in total. The van der Waals surface area contributed by atoms with E-state index in [0.717, 1.165) is 11.8 Å². The van der Waals surface area contributed by atoms with Crippen LogP contribution in [0.2, 0.25) is 5.02 Å². The zero-order valence-electron chi connectivity index (χ0n) is 16.9. The van der Waals surface area contributed by atoms with Crippen LogP contribution in [-0.4, -0.2) is 33.8 Å². The van der Waals surface area contributed by atoms with E-state index >= 15 is 0 Å². The third-order valence-electron chi connectivity index (χ3n) is 3.93. The Morgan fingerprint density at radius 3 is 2.48 bits per heavy atom. The molecule has 1 amide bonds. The van der Waals surface area contributed by atoms with Crippen molar-refractivity contribution < 1.29 is 22.7 Å². The summed E-state index contributed by atoms with van der Waals surface area (Å²) < 4.78 is 34.4. The van der Waals surface area contributed by atoms with Crippen LogP contribution in [0.5, 0.6) is 11.5 Å². The number of ether oxygens (including phenoxy) is 2. The largest absolute Gasteiger partial charge is 0.493 e. The molecule has 6 nitrogen and oxygen atoms in total. The van der Waals surface area contributed by atoms with Crippen LogP contribution in [0.25, 0.3) is 6.08 Å². The van der Waals surface area contributed by atoms with Gasteiger partial charge in [-0.2, -0.15) is 0 Å². The molecule has 2 aromatic carbocycles. The summed E-state index contributed by atoms with van der Waals surface area (Å²) in [6, 6.07) is 7.97. The molecule has 0 fully saturated rings. The van der Waals surface area contributed by atoms with Gasteiger partial charge in [0.25, 0.3) is 0 Å². The van der Waals surface area contributed by atoms with Crippen LogP contribution in [0.15, 0.2) is 41.3 Å². The Hall–Kier alpha value is -2.51. The molecule has 0 spiro atoms. The molecule has 8 heteroatoms. The van der Waals surface area contributed by atoms with E-state index in [1.54, 1.807) is 31.2 Å². The molecule has 0 saturated heterocycles. The number of anilines is 1. The maximum absolute atomic E-state index is 12.3. The summed E-state index contributed by atoms with van der Waals surface area (Å²) in [7, 11) is -1.86. The van der Waals surface area contributed by atoms with Crippen LogP contribution >= 0.6 is 11.6 Å². The first-order chi connectivity index (χ1) is 13.5.